The molecule has 0 bridgehead atoms. The van der Waals surface area contributed by atoms with Crippen molar-refractivity contribution in [1.82, 2.24) is 0 Å². The standard InChI is InChI=1S/C20H25ClO2S/c1-3-16(10-14(2)21)17-7-5-9-19(13-17)24-18-8-4-6-15(11-18)12-20(22)23/h3-4,6-7,10,15,18-19H,1-2,5,8-9,11-13H2,(H,22,23)/b16-10+. The summed E-state index contributed by atoms with van der Waals surface area (Å²) >= 11 is 7.93. The first kappa shape index (κ1) is 19.1. The quantitative estimate of drug-likeness (QED) is 0.453. The fourth-order valence-electron chi connectivity index (χ4n) is 3.37. The van der Waals surface area contributed by atoms with Gasteiger partial charge in [-0.25, -0.2) is 0 Å². The molecule has 0 radical (unpaired) electrons. The molecular formula is C20H25ClO2S. The van der Waals surface area contributed by atoms with Gasteiger partial charge in [0.05, 0.1) is 6.42 Å². The number of carboxylic acid groups (broad SMARTS) is 1. The van der Waals surface area contributed by atoms with Crippen molar-refractivity contribution < 1.29 is 9.90 Å². The van der Waals surface area contributed by atoms with Crippen molar-refractivity contribution >= 4 is 29.3 Å². The highest BCUT2D eigenvalue weighted by molar-refractivity contribution is 8.00. The molecule has 0 aliphatic heterocycles. The fourth-order valence-corrected chi connectivity index (χ4v) is 5.16. The second kappa shape index (κ2) is 9.33. The van der Waals surface area contributed by atoms with Gasteiger partial charge in [0.1, 0.15) is 0 Å². The molecule has 2 aliphatic rings. The molecule has 2 rings (SSSR count). The minimum atomic E-state index is -0.708. The molecule has 24 heavy (non-hydrogen) atoms. The van der Waals surface area contributed by atoms with Gasteiger partial charge in [-0.3, -0.25) is 4.79 Å². The van der Waals surface area contributed by atoms with Crippen molar-refractivity contribution in [3.63, 3.8) is 0 Å². The third kappa shape index (κ3) is 6.03. The average molecular weight is 365 g/mol. The van der Waals surface area contributed by atoms with Crippen LogP contribution in [-0.2, 0) is 4.79 Å². The lowest BCUT2D eigenvalue weighted by Gasteiger charge is -2.30. The second-order valence-corrected chi connectivity index (χ2v) is 8.49. The van der Waals surface area contributed by atoms with Gasteiger partial charge in [0, 0.05) is 15.5 Å². The van der Waals surface area contributed by atoms with Gasteiger partial charge in [0.25, 0.3) is 0 Å². The Balaban J connectivity index is 1.94. The molecule has 0 aromatic heterocycles. The van der Waals surface area contributed by atoms with E-state index >= 15 is 0 Å². The van der Waals surface area contributed by atoms with Crippen molar-refractivity contribution in [2.75, 3.05) is 0 Å². The number of hydrogen-bond donors (Lipinski definition) is 1. The first-order chi connectivity index (χ1) is 11.5. The monoisotopic (exact) mass is 364 g/mol. The number of hydrogen-bond acceptors (Lipinski definition) is 2. The molecule has 0 spiro atoms. The van der Waals surface area contributed by atoms with E-state index in [-0.39, 0.29) is 12.3 Å². The van der Waals surface area contributed by atoms with Gasteiger partial charge in [-0.05, 0) is 55.2 Å². The van der Waals surface area contributed by atoms with Gasteiger partial charge in [-0.2, -0.15) is 11.8 Å². The van der Waals surface area contributed by atoms with Crippen LogP contribution in [0.4, 0.5) is 0 Å². The predicted molar refractivity (Wildman–Crippen MR) is 104 cm³/mol. The summed E-state index contributed by atoms with van der Waals surface area (Å²) in [6, 6.07) is 0. The molecular weight excluding hydrogens is 340 g/mol. The van der Waals surface area contributed by atoms with Crippen molar-refractivity contribution in [2.45, 2.75) is 49.0 Å². The van der Waals surface area contributed by atoms with Crippen LogP contribution in [0.5, 0.6) is 0 Å². The zero-order valence-electron chi connectivity index (χ0n) is 13.9. The van der Waals surface area contributed by atoms with E-state index in [1.54, 1.807) is 0 Å². The normalized spacial score (nSPS) is 27.5. The van der Waals surface area contributed by atoms with Crippen LogP contribution in [0.3, 0.4) is 0 Å². The summed E-state index contributed by atoms with van der Waals surface area (Å²) in [6.07, 6.45) is 15.7. The number of thioether (sulfide) groups is 1. The molecule has 1 N–H and O–H groups in total. The Morgan fingerprint density at radius 3 is 2.92 bits per heavy atom. The van der Waals surface area contributed by atoms with Crippen molar-refractivity contribution in [3.8, 4) is 0 Å². The molecule has 2 aliphatic carbocycles. The topological polar surface area (TPSA) is 37.3 Å². The highest BCUT2D eigenvalue weighted by atomic mass is 35.5. The van der Waals surface area contributed by atoms with E-state index in [1.807, 2.05) is 23.9 Å². The highest BCUT2D eigenvalue weighted by Crippen LogP contribution is 2.39. The van der Waals surface area contributed by atoms with E-state index in [2.05, 4.69) is 31.4 Å². The van der Waals surface area contributed by atoms with Crippen LogP contribution in [-0.4, -0.2) is 21.6 Å². The lowest BCUT2D eigenvalue weighted by molar-refractivity contribution is -0.137. The molecule has 0 aromatic carbocycles. The number of carboxylic acids is 1. The van der Waals surface area contributed by atoms with Gasteiger partial charge in [0.15, 0.2) is 0 Å². The Kier molecular flexibility index (Phi) is 7.44. The van der Waals surface area contributed by atoms with Gasteiger partial charge < -0.3 is 5.11 Å². The molecule has 0 aromatic rings. The van der Waals surface area contributed by atoms with Crippen LogP contribution < -0.4 is 0 Å². The average Bonchev–Trinajstić information content (AvgIpc) is 2.52. The van der Waals surface area contributed by atoms with Crippen molar-refractivity contribution in [2.24, 2.45) is 5.92 Å². The molecule has 4 heteroatoms. The maximum Gasteiger partial charge on any atom is 0.303 e. The maximum atomic E-state index is 10.9. The minimum absolute atomic E-state index is 0.176. The third-order valence-electron chi connectivity index (χ3n) is 4.42. The molecule has 130 valence electrons. The van der Waals surface area contributed by atoms with E-state index in [9.17, 15) is 4.79 Å². The van der Waals surface area contributed by atoms with Crippen LogP contribution in [0, 0.1) is 5.92 Å². The number of halogens is 1. The molecule has 0 saturated carbocycles. The Labute approximate surface area is 154 Å². The van der Waals surface area contributed by atoms with Gasteiger partial charge in [-0.1, -0.05) is 49.1 Å². The van der Waals surface area contributed by atoms with E-state index in [4.69, 9.17) is 16.7 Å². The van der Waals surface area contributed by atoms with Crippen LogP contribution in [0.2, 0.25) is 0 Å². The summed E-state index contributed by atoms with van der Waals surface area (Å²) in [5, 5.41) is 10.6. The number of allylic oxidation sites excluding steroid dienone is 8. The van der Waals surface area contributed by atoms with Crippen LogP contribution in [0.15, 0.2) is 59.7 Å². The largest absolute Gasteiger partial charge is 0.481 e. The molecule has 0 fully saturated rings. The number of rotatable bonds is 7. The van der Waals surface area contributed by atoms with Crippen molar-refractivity contribution in [3.05, 3.63) is 59.7 Å². The second-order valence-electron chi connectivity index (χ2n) is 6.40. The molecule has 3 unspecified atom stereocenters. The zero-order chi connectivity index (χ0) is 17.5. The third-order valence-corrected chi connectivity index (χ3v) is 6.09. The summed E-state index contributed by atoms with van der Waals surface area (Å²) in [5.41, 5.74) is 2.36. The lowest BCUT2D eigenvalue weighted by atomic mass is 9.92. The minimum Gasteiger partial charge on any atom is -0.481 e. The molecule has 0 heterocycles. The first-order valence-corrected chi connectivity index (χ1v) is 9.72. The summed E-state index contributed by atoms with van der Waals surface area (Å²) in [6.45, 7) is 7.62. The maximum absolute atomic E-state index is 10.9. The van der Waals surface area contributed by atoms with E-state index < -0.39 is 5.97 Å². The summed E-state index contributed by atoms with van der Waals surface area (Å²) in [4.78, 5) is 10.9. The van der Waals surface area contributed by atoms with Crippen LogP contribution >= 0.6 is 23.4 Å². The molecule has 3 atom stereocenters. The summed E-state index contributed by atoms with van der Waals surface area (Å²) in [7, 11) is 0. The summed E-state index contributed by atoms with van der Waals surface area (Å²) in [5.74, 6) is -0.532. The van der Waals surface area contributed by atoms with Gasteiger partial charge in [0.2, 0.25) is 0 Å². The molecule has 2 nitrogen and oxygen atoms in total. The number of carbonyl (C=O) groups is 1. The van der Waals surface area contributed by atoms with Gasteiger partial charge in [-0.15, -0.1) is 0 Å². The Morgan fingerprint density at radius 1 is 1.46 bits per heavy atom. The highest BCUT2D eigenvalue weighted by Gasteiger charge is 2.25. The smallest absolute Gasteiger partial charge is 0.303 e. The Morgan fingerprint density at radius 2 is 2.25 bits per heavy atom. The lowest BCUT2D eigenvalue weighted by Crippen LogP contribution is -2.20. The summed E-state index contributed by atoms with van der Waals surface area (Å²) < 4.78 is 0. The fraction of sp³-hybridized carbons (Fsp3) is 0.450. The van der Waals surface area contributed by atoms with E-state index in [0.29, 0.717) is 15.5 Å². The predicted octanol–water partition coefficient (Wildman–Crippen LogP) is 5.87. The number of aliphatic carboxylic acids is 1. The first-order valence-electron chi connectivity index (χ1n) is 8.39. The Bertz CT molecular complexity index is 588. The molecule has 0 amide bonds. The zero-order valence-corrected chi connectivity index (χ0v) is 15.5. The van der Waals surface area contributed by atoms with Crippen molar-refractivity contribution in [1.29, 1.82) is 0 Å². The Hall–Kier alpha value is -1.19. The van der Waals surface area contributed by atoms with Gasteiger partial charge >= 0.3 is 5.97 Å². The van der Waals surface area contributed by atoms with Crippen LogP contribution in [0.25, 0.3) is 0 Å². The van der Waals surface area contributed by atoms with Crippen LogP contribution in [0.1, 0.15) is 38.5 Å². The van der Waals surface area contributed by atoms with E-state index in [0.717, 1.165) is 31.3 Å². The molecule has 0 saturated heterocycles. The van der Waals surface area contributed by atoms with E-state index in [1.165, 1.54) is 12.0 Å². The SMILES string of the molecule is C=C/C(=C\C(=C)Cl)C1=CCCC(SC2CC=CC(CC(=O)O)C2)C1.